The Hall–Kier alpha value is 0.200. The van der Waals surface area contributed by atoms with E-state index in [1.54, 1.807) is 0 Å². The average Bonchev–Trinajstić information content (AvgIpc) is 2.24. The SMILES string of the molecule is CCCCCCCCOCCCCS(=O)(=O)Cl. The highest BCUT2D eigenvalue weighted by Crippen LogP contribution is 2.05. The molecule has 0 atom stereocenters. The lowest BCUT2D eigenvalue weighted by Crippen LogP contribution is -2.01. The van der Waals surface area contributed by atoms with Gasteiger partial charge in [-0.05, 0) is 19.3 Å². The zero-order valence-electron chi connectivity index (χ0n) is 10.8. The van der Waals surface area contributed by atoms with Crippen LogP contribution in [0.2, 0.25) is 0 Å². The molecule has 17 heavy (non-hydrogen) atoms. The molecule has 0 rings (SSSR count). The fourth-order valence-electron chi connectivity index (χ4n) is 1.57. The van der Waals surface area contributed by atoms with Crippen molar-refractivity contribution in [3.8, 4) is 0 Å². The largest absolute Gasteiger partial charge is 0.381 e. The Labute approximate surface area is 110 Å². The molecule has 0 amide bonds. The summed E-state index contributed by atoms with van der Waals surface area (Å²) in [6.07, 6.45) is 8.91. The van der Waals surface area contributed by atoms with Crippen molar-refractivity contribution >= 4 is 19.7 Å². The maximum atomic E-state index is 10.6. The Balaban J connectivity index is 3.04. The first-order valence-corrected chi connectivity index (χ1v) is 9.04. The summed E-state index contributed by atoms with van der Waals surface area (Å²) in [6.45, 7) is 3.64. The number of rotatable bonds is 12. The quantitative estimate of drug-likeness (QED) is 0.405. The summed E-state index contributed by atoms with van der Waals surface area (Å²) in [4.78, 5) is 0. The maximum Gasteiger partial charge on any atom is 0.232 e. The molecule has 0 N–H and O–H groups in total. The van der Waals surface area contributed by atoms with Crippen LogP contribution in [0.5, 0.6) is 0 Å². The van der Waals surface area contributed by atoms with Crippen molar-refractivity contribution in [1.82, 2.24) is 0 Å². The normalized spacial score (nSPS) is 11.9. The van der Waals surface area contributed by atoms with Crippen LogP contribution in [0.15, 0.2) is 0 Å². The Bertz CT molecular complexity index is 252. The van der Waals surface area contributed by atoms with Crippen molar-refractivity contribution in [1.29, 1.82) is 0 Å². The molecule has 0 saturated heterocycles. The lowest BCUT2D eigenvalue weighted by molar-refractivity contribution is 0.127. The highest BCUT2D eigenvalue weighted by Gasteiger charge is 2.03. The lowest BCUT2D eigenvalue weighted by atomic mass is 10.1. The van der Waals surface area contributed by atoms with Crippen LogP contribution in [0.3, 0.4) is 0 Å². The molecule has 0 aliphatic heterocycles. The van der Waals surface area contributed by atoms with Crippen molar-refractivity contribution < 1.29 is 13.2 Å². The Morgan fingerprint density at radius 2 is 1.41 bits per heavy atom. The minimum absolute atomic E-state index is 0.0505. The van der Waals surface area contributed by atoms with E-state index in [2.05, 4.69) is 6.92 Å². The second-order valence-electron chi connectivity index (χ2n) is 4.33. The lowest BCUT2D eigenvalue weighted by Gasteiger charge is -2.03. The number of hydrogen-bond acceptors (Lipinski definition) is 3. The van der Waals surface area contributed by atoms with Gasteiger partial charge in [0.2, 0.25) is 9.05 Å². The predicted octanol–water partition coefficient (Wildman–Crippen LogP) is 3.71. The third-order valence-electron chi connectivity index (χ3n) is 2.57. The van der Waals surface area contributed by atoms with Crippen LogP contribution in [0, 0.1) is 0 Å². The highest BCUT2D eigenvalue weighted by atomic mass is 35.7. The van der Waals surface area contributed by atoms with Gasteiger partial charge >= 0.3 is 0 Å². The van der Waals surface area contributed by atoms with Gasteiger partial charge in [-0.25, -0.2) is 8.42 Å². The monoisotopic (exact) mass is 284 g/mol. The van der Waals surface area contributed by atoms with Gasteiger partial charge in [-0.3, -0.25) is 0 Å². The molecule has 0 fully saturated rings. The highest BCUT2D eigenvalue weighted by molar-refractivity contribution is 8.13. The Morgan fingerprint density at radius 3 is 2.00 bits per heavy atom. The van der Waals surface area contributed by atoms with Gasteiger partial charge in [-0.15, -0.1) is 0 Å². The fourth-order valence-corrected chi connectivity index (χ4v) is 2.44. The molecule has 0 radical (unpaired) electrons. The van der Waals surface area contributed by atoms with Crippen LogP contribution in [-0.4, -0.2) is 27.4 Å². The summed E-state index contributed by atoms with van der Waals surface area (Å²) in [5.41, 5.74) is 0. The van der Waals surface area contributed by atoms with Gasteiger partial charge in [0.1, 0.15) is 0 Å². The van der Waals surface area contributed by atoms with E-state index in [-0.39, 0.29) is 5.75 Å². The zero-order valence-corrected chi connectivity index (χ0v) is 12.4. The van der Waals surface area contributed by atoms with Gasteiger partial charge in [-0.1, -0.05) is 39.0 Å². The van der Waals surface area contributed by atoms with Crippen LogP contribution >= 0.6 is 10.7 Å². The molecule has 3 nitrogen and oxygen atoms in total. The number of ether oxygens (including phenoxy) is 1. The molecular formula is C12H25ClO3S. The van der Waals surface area contributed by atoms with Crippen LogP contribution in [0.4, 0.5) is 0 Å². The van der Waals surface area contributed by atoms with Crippen molar-refractivity contribution in [3.63, 3.8) is 0 Å². The minimum atomic E-state index is -3.32. The third-order valence-corrected chi connectivity index (χ3v) is 3.81. The first-order valence-electron chi connectivity index (χ1n) is 6.56. The van der Waals surface area contributed by atoms with Crippen LogP contribution in [-0.2, 0) is 13.8 Å². The Morgan fingerprint density at radius 1 is 0.882 bits per heavy atom. The van der Waals surface area contributed by atoms with Gasteiger partial charge in [0, 0.05) is 23.9 Å². The molecule has 0 aliphatic rings. The van der Waals surface area contributed by atoms with E-state index in [1.165, 1.54) is 32.1 Å². The second kappa shape index (κ2) is 11.3. The van der Waals surface area contributed by atoms with E-state index < -0.39 is 9.05 Å². The van der Waals surface area contributed by atoms with E-state index >= 15 is 0 Å². The summed E-state index contributed by atoms with van der Waals surface area (Å²) >= 11 is 0. The maximum absolute atomic E-state index is 10.6. The zero-order chi connectivity index (χ0) is 13.0. The smallest absolute Gasteiger partial charge is 0.232 e. The molecule has 0 heterocycles. The molecule has 0 spiro atoms. The van der Waals surface area contributed by atoms with Gasteiger partial charge in [0.15, 0.2) is 0 Å². The second-order valence-corrected chi connectivity index (χ2v) is 7.23. The van der Waals surface area contributed by atoms with Gasteiger partial charge in [-0.2, -0.15) is 0 Å². The van der Waals surface area contributed by atoms with Crippen LogP contribution < -0.4 is 0 Å². The summed E-state index contributed by atoms with van der Waals surface area (Å²) < 4.78 is 26.6. The van der Waals surface area contributed by atoms with Crippen molar-refractivity contribution in [3.05, 3.63) is 0 Å². The third kappa shape index (κ3) is 16.2. The number of unbranched alkanes of at least 4 members (excludes halogenated alkanes) is 6. The van der Waals surface area contributed by atoms with Crippen LogP contribution in [0.1, 0.15) is 58.3 Å². The first-order chi connectivity index (χ1) is 8.06. The molecule has 104 valence electrons. The van der Waals surface area contributed by atoms with Crippen molar-refractivity contribution in [2.24, 2.45) is 0 Å². The average molecular weight is 285 g/mol. The summed E-state index contributed by atoms with van der Waals surface area (Å²) in [5.74, 6) is 0.0505. The van der Waals surface area contributed by atoms with E-state index in [4.69, 9.17) is 15.4 Å². The minimum Gasteiger partial charge on any atom is -0.381 e. The molecular weight excluding hydrogens is 260 g/mol. The molecule has 0 aliphatic carbocycles. The molecule has 5 heteroatoms. The van der Waals surface area contributed by atoms with E-state index in [0.717, 1.165) is 19.4 Å². The number of hydrogen-bond donors (Lipinski definition) is 0. The van der Waals surface area contributed by atoms with E-state index in [9.17, 15) is 8.42 Å². The van der Waals surface area contributed by atoms with Gasteiger partial charge in [0.05, 0.1) is 5.75 Å². The molecule has 0 unspecified atom stereocenters. The van der Waals surface area contributed by atoms with Crippen molar-refractivity contribution in [2.75, 3.05) is 19.0 Å². The predicted molar refractivity (Wildman–Crippen MR) is 73.1 cm³/mol. The molecule has 0 aromatic rings. The molecule has 0 bridgehead atoms. The van der Waals surface area contributed by atoms with E-state index in [0.29, 0.717) is 13.0 Å². The number of halogens is 1. The van der Waals surface area contributed by atoms with Crippen molar-refractivity contribution in [2.45, 2.75) is 58.3 Å². The molecule has 0 aromatic carbocycles. The summed E-state index contributed by atoms with van der Waals surface area (Å²) in [5, 5.41) is 0. The Kier molecular flexibility index (Phi) is 11.4. The van der Waals surface area contributed by atoms with Gasteiger partial charge < -0.3 is 4.74 Å². The standard InChI is InChI=1S/C12H25ClO3S/c1-2-3-4-5-6-7-10-16-11-8-9-12-17(13,14)15/h2-12H2,1H3. The fraction of sp³-hybridized carbons (Fsp3) is 1.00. The molecule has 0 saturated carbocycles. The van der Waals surface area contributed by atoms with Gasteiger partial charge in [0.25, 0.3) is 0 Å². The summed E-state index contributed by atoms with van der Waals surface area (Å²) in [7, 11) is 1.77. The first kappa shape index (κ1) is 17.2. The van der Waals surface area contributed by atoms with Crippen LogP contribution in [0.25, 0.3) is 0 Å². The molecule has 0 aromatic heterocycles. The topological polar surface area (TPSA) is 43.4 Å². The summed E-state index contributed by atoms with van der Waals surface area (Å²) in [6, 6.07) is 0. The van der Waals surface area contributed by atoms with E-state index in [1.807, 2.05) is 0 Å².